The van der Waals surface area contributed by atoms with E-state index < -0.39 is 29.7 Å². The molecule has 0 saturated carbocycles. The Bertz CT molecular complexity index is 694. The van der Waals surface area contributed by atoms with E-state index in [9.17, 15) is 14.4 Å². The number of halogens is 1. The largest absolute Gasteiger partial charge is 0.451 e. The SMILES string of the molecule is CCOC(=O)N/C(=N\C(=O)OC)NC(=O)c1nc(Cl)c(N)nc1N. The lowest BCUT2D eigenvalue weighted by Gasteiger charge is -2.10. The maximum atomic E-state index is 12.1. The van der Waals surface area contributed by atoms with Gasteiger partial charge in [-0.2, -0.15) is 0 Å². The van der Waals surface area contributed by atoms with Gasteiger partial charge >= 0.3 is 12.2 Å². The van der Waals surface area contributed by atoms with Crippen LogP contribution in [0.5, 0.6) is 0 Å². The summed E-state index contributed by atoms with van der Waals surface area (Å²) in [6, 6.07) is 0. The third-order valence-corrected chi connectivity index (χ3v) is 2.50. The highest BCUT2D eigenvalue weighted by molar-refractivity contribution is 6.31. The molecule has 0 aromatic carbocycles. The minimum Gasteiger partial charge on any atom is -0.451 e. The molecule has 0 spiro atoms. The number of nitrogens with two attached hydrogens (primary N) is 2. The summed E-state index contributed by atoms with van der Waals surface area (Å²) in [5, 5.41) is 3.88. The number of carbonyl (C=O) groups excluding carboxylic acids is 3. The number of aromatic nitrogens is 2. The fraction of sp³-hybridized carbons (Fsp3) is 0.273. The van der Waals surface area contributed by atoms with Crippen LogP contribution in [0.25, 0.3) is 0 Å². The third kappa shape index (κ3) is 5.24. The number of amides is 3. The quantitative estimate of drug-likeness (QED) is 0.413. The molecule has 1 aromatic heterocycles. The molecule has 1 rings (SSSR count). The number of alkyl carbamates (subject to hydrolysis) is 1. The Morgan fingerprint density at radius 3 is 2.46 bits per heavy atom. The van der Waals surface area contributed by atoms with Crippen molar-refractivity contribution in [3.63, 3.8) is 0 Å². The van der Waals surface area contributed by atoms with E-state index in [1.165, 1.54) is 0 Å². The number of nitrogens with one attached hydrogen (secondary N) is 2. The first-order chi connectivity index (χ1) is 11.3. The summed E-state index contributed by atoms with van der Waals surface area (Å²) in [5.41, 5.74) is 10.5. The normalized spacial score (nSPS) is 10.7. The molecule has 0 aliphatic heterocycles. The van der Waals surface area contributed by atoms with Crippen LogP contribution in [-0.4, -0.2) is 47.7 Å². The number of rotatable bonds is 2. The van der Waals surface area contributed by atoms with Crippen LogP contribution in [0, 0.1) is 0 Å². The van der Waals surface area contributed by atoms with Crippen molar-refractivity contribution >= 4 is 47.3 Å². The summed E-state index contributed by atoms with van der Waals surface area (Å²) < 4.78 is 8.92. The highest BCUT2D eigenvalue weighted by Crippen LogP contribution is 2.17. The van der Waals surface area contributed by atoms with Crippen molar-refractivity contribution in [2.75, 3.05) is 25.2 Å². The predicted molar refractivity (Wildman–Crippen MR) is 83.3 cm³/mol. The second-order valence-electron chi connectivity index (χ2n) is 3.86. The van der Waals surface area contributed by atoms with Crippen molar-refractivity contribution in [3.05, 3.63) is 10.8 Å². The fourth-order valence-electron chi connectivity index (χ4n) is 1.26. The van der Waals surface area contributed by atoms with Crippen LogP contribution < -0.4 is 22.1 Å². The molecule has 0 saturated heterocycles. The van der Waals surface area contributed by atoms with Crippen molar-refractivity contribution in [3.8, 4) is 0 Å². The van der Waals surface area contributed by atoms with E-state index >= 15 is 0 Å². The molecule has 0 aliphatic carbocycles. The molecule has 3 amide bonds. The highest BCUT2D eigenvalue weighted by Gasteiger charge is 2.19. The summed E-state index contributed by atoms with van der Waals surface area (Å²) >= 11 is 5.67. The number of hydrogen-bond acceptors (Lipinski definition) is 9. The molecule has 24 heavy (non-hydrogen) atoms. The lowest BCUT2D eigenvalue weighted by molar-refractivity contribution is 0.0971. The molecule has 0 atom stereocenters. The van der Waals surface area contributed by atoms with Crippen molar-refractivity contribution in [1.82, 2.24) is 20.6 Å². The third-order valence-electron chi connectivity index (χ3n) is 2.23. The van der Waals surface area contributed by atoms with E-state index in [2.05, 4.69) is 29.8 Å². The first kappa shape index (κ1) is 18.9. The zero-order valence-corrected chi connectivity index (χ0v) is 13.4. The van der Waals surface area contributed by atoms with E-state index in [4.69, 9.17) is 23.1 Å². The van der Waals surface area contributed by atoms with Crippen LogP contribution in [0.15, 0.2) is 4.99 Å². The van der Waals surface area contributed by atoms with Gasteiger partial charge in [-0.05, 0) is 6.92 Å². The molecule has 0 bridgehead atoms. The van der Waals surface area contributed by atoms with Gasteiger partial charge in [-0.1, -0.05) is 11.6 Å². The molecular weight excluding hydrogens is 346 g/mol. The average molecular weight is 360 g/mol. The minimum absolute atomic E-state index is 0.0529. The molecular formula is C11H14ClN7O5. The van der Waals surface area contributed by atoms with Gasteiger partial charge in [0.25, 0.3) is 5.91 Å². The number of anilines is 2. The van der Waals surface area contributed by atoms with Gasteiger partial charge in [0.1, 0.15) is 0 Å². The molecule has 1 aromatic rings. The first-order valence-electron chi connectivity index (χ1n) is 6.28. The van der Waals surface area contributed by atoms with Gasteiger partial charge in [0.05, 0.1) is 13.7 Å². The second kappa shape index (κ2) is 8.47. The molecule has 6 N–H and O–H groups in total. The molecule has 1 heterocycles. The van der Waals surface area contributed by atoms with E-state index in [0.717, 1.165) is 7.11 Å². The maximum Gasteiger partial charge on any atom is 0.436 e. The van der Waals surface area contributed by atoms with Gasteiger partial charge in [0.2, 0.25) is 5.96 Å². The van der Waals surface area contributed by atoms with Gasteiger partial charge < -0.3 is 20.9 Å². The summed E-state index contributed by atoms with van der Waals surface area (Å²) in [5.74, 6) is -2.01. The van der Waals surface area contributed by atoms with Crippen LogP contribution in [-0.2, 0) is 9.47 Å². The summed E-state index contributed by atoms with van der Waals surface area (Å²) in [4.78, 5) is 45.3. The van der Waals surface area contributed by atoms with Crippen molar-refractivity contribution in [2.45, 2.75) is 6.92 Å². The number of ether oxygens (including phenoxy) is 2. The van der Waals surface area contributed by atoms with E-state index in [1.54, 1.807) is 6.92 Å². The first-order valence-corrected chi connectivity index (χ1v) is 6.66. The van der Waals surface area contributed by atoms with Crippen molar-refractivity contribution in [1.29, 1.82) is 0 Å². The molecule has 12 nitrogen and oxygen atoms in total. The topological polar surface area (TPSA) is 184 Å². The number of carbonyl (C=O) groups is 3. The molecule has 0 radical (unpaired) electrons. The highest BCUT2D eigenvalue weighted by atomic mass is 35.5. The van der Waals surface area contributed by atoms with Gasteiger partial charge in [-0.3, -0.25) is 15.4 Å². The lowest BCUT2D eigenvalue weighted by Crippen LogP contribution is -2.45. The molecule has 130 valence electrons. The average Bonchev–Trinajstić information content (AvgIpc) is 2.50. The Balaban J connectivity index is 3.03. The molecule has 0 aliphatic rings. The Kier molecular flexibility index (Phi) is 6.67. The monoisotopic (exact) mass is 359 g/mol. The standard InChI is InChI=1S/C11H14ClN7O5/c1-3-24-11(22)19-9(18-10(21)23-2)17-8(20)4-6(13)16-7(14)5(12)15-4/h3H2,1-2H3,(H4,13,14,16)(H2,17,18,19,20,21,22). The van der Waals surface area contributed by atoms with Crippen LogP contribution in [0.2, 0.25) is 5.15 Å². The van der Waals surface area contributed by atoms with Crippen molar-refractivity contribution < 1.29 is 23.9 Å². The number of methoxy groups -OCH3 is 1. The van der Waals surface area contributed by atoms with E-state index in [0.29, 0.717) is 0 Å². The van der Waals surface area contributed by atoms with Gasteiger partial charge in [0, 0.05) is 0 Å². The zero-order valence-electron chi connectivity index (χ0n) is 12.6. The minimum atomic E-state index is -1.09. The van der Waals surface area contributed by atoms with E-state index in [-0.39, 0.29) is 23.4 Å². The Hall–Kier alpha value is -3.15. The van der Waals surface area contributed by atoms with Gasteiger partial charge in [0.15, 0.2) is 22.5 Å². The Labute approximate surface area is 140 Å². The molecule has 13 heteroatoms. The molecule has 0 unspecified atom stereocenters. The van der Waals surface area contributed by atoms with Crippen LogP contribution in [0.1, 0.15) is 17.4 Å². The number of guanidine groups is 1. The summed E-state index contributed by atoms with van der Waals surface area (Å²) in [7, 11) is 1.05. The number of aliphatic imine (C=N–C) groups is 1. The number of hydrogen-bond donors (Lipinski definition) is 4. The number of nitrogens with zero attached hydrogens (tertiary/aromatic N) is 3. The lowest BCUT2D eigenvalue weighted by atomic mass is 10.4. The number of nitrogen functional groups attached to an aromatic ring is 2. The fourth-order valence-corrected chi connectivity index (χ4v) is 1.39. The Morgan fingerprint density at radius 1 is 1.21 bits per heavy atom. The van der Waals surface area contributed by atoms with E-state index in [1.807, 2.05) is 5.32 Å². The summed E-state index contributed by atoms with van der Waals surface area (Å²) in [6.07, 6.45) is -2.05. The zero-order chi connectivity index (χ0) is 18.3. The van der Waals surface area contributed by atoms with Crippen LogP contribution in [0.3, 0.4) is 0 Å². The Morgan fingerprint density at radius 2 is 1.88 bits per heavy atom. The van der Waals surface area contributed by atoms with Crippen molar-refractivity contribution in [2.24, 2.45) is 4.99 Å². The predicted octanol–water partition coefficient (Wildman–Crippen LogP) is -0.107. The van der Waals surface area contributed by atoms with Crippen LogP contribution >= 0.6 is 11.6 Å². The smallest absolute Gasteiger partial charge is 0.436 e. The maximum absolute atomic E-state index is 12.1. The second-order valence-corrected chi connectivity index (χ2v) is 4.22. The molecule has 0 fully saturated rings. The van der Waals surface area contributed by atoms with Gasteiger partial charge in [-0.25, -0.2) is 19.6 Å². The van der Waals surface area contributed by atoms with Crippen LogP contribution in [0.4, 0.5) is 21.2 Å². The summed E-state index contributed by atoms with van der Waals surface area (Å²) in [6.45, 7) is 1.61. The van der Waals surface area contributed by atoms with Gasteiger partial charge in [-0.15, -0.1) is 4.99 Å².